The van der Waals surface area contributed by atoms with Gasteiger partial charge in [0.15, 0.2) is 0 Å². The van der Waals surface area contributed by atoms with Crippen molar-refractivity contribution in [3.05, 3.63) is 64.7 Å². The lowest BCUT2D eigenvalue weighted by molar-refractivity contribution is -0.130. The van der Waals surface area contributed by atoms with Gasteiger partial charge in [0.05, 0.1) is 6.54 Å². The minimum absolute atomic E-state index is 0.166. The summed E-state index contributed by atoms with van der Waals surface area (Å²) in [5.41, 5.74) is 3.61. The molecular weight excluding hydrogens is 334 g/mol. The second-order valence-electron chi connectivity index (χ2n) is 6.38. The Morgan fingerprint density at radius 2 is 1.84 bits per heavy atom. The van der Waals surface area contributed by atoms with Gasteiger partial charge < -0.3 is 15.1 Å². The zero-order valence-electron chi connectivity index (χ0n) is 14.5. The number of hydrogen-bond acceptors (Lipinski definition) is 3. The van der Waals surface area contributed by atoms with Crippen molar-refractivity contribution in [3.63, 3.8) is 0 Å². The van der Waals surface area contributed by atoms with Crippen LogP contribution in [0.1, 0.15) is 11.1 Å². The average molecular weight is 358 g/mol. The molecule has 0 saturated carbocycles. The van der Waals surface area contributed by atoms with Crippen LogP contribution in [-0.2, 0) is 11.3 Å². The van der Waals surface area contributed by atoms with E-state index in [1.807, 2.05) is 35.2 Å². The highest BCUT2D eigenvalue weighted by Gasteiger charge is 2.21. The topological polar surface area (TPSA) is 35.6 Å². The summed E-state index contributed by atoms with van der Waals surface area (Å²) < 4.78 is 0. The lowest BCUT2D eigenvalue weighted by Crippen LogP contribution is -2.50. The molecule has 0 spiro atoms. The molecule has 0 radical (unpaired) electrons. The molecule has 132 valence electrons. The van der Waals surface area contributed by atoms with Crippen molar-refractivity contribution < 1.29 is 4.79 Å². The fraction of sp³-hybridized carbons (Fsp3) is 0.350. The highest BCUT2D eigenvalue weighted by atomic mass is 35.5. The number of aryl methyl sites for hydroxylation is 1. The molecule has 2 aromatic rings. The van der Waals surface area contributed by atoms with E-state index in [9.17, 15) is 4.79 Å². The second-order valence-corrected chi connectivity index (χ2v) is 6.81. The third-order valence-corrected chi connectivity index (χ3v) is 4.89. The number of hydrogen-bond donors (Lipinski definition) is 1. The minimum Gasteiger partial charge on any atom is -0.368 e. The van der Waals surface area contributed by atoms with Gasteiger partial charge in [-0.1, -0.05) is 41.9 Å². The molecule has 1 heterocycles. The Hall–Kier alpha value is -2.04. The van der Waals surface area contributed by atoms with Gasteiger partial charge in [0, 0.05) is 43.4 Å². The Labute approximate surface area is 154 Å². The van der Waals surface area contributed by atoms with Gasteiger partial charge in [-0.3, -0.25) is 4.79 Å². The first kappa shape index (κ1) is 17.8. The highest BCUT2D eigenvalue weighted by molar-refractivity contribution is 6.30. The molecular formula is C20H24ClN3O. The molecule has 5 heteroatoms. The van der Waals surface area contributed by atoms with E-state index < -0.39 is 0 Å². The molecule has 0 atom stereocenters. The minimum atomic E-state index is 0.166. The summed E-state index contributed by atoms with van der Waals surface area (Å²) in [5.74, 6) is 0.166. The van der Waals surface area contributed by atoms with Crippen LogP contribution in [0.5, 0.6) is 0 Å². The zero-order valence-corrected chi connectivity index (χ0v) is 15.3. The van der Waals surface area contributed by atoms with E-state index in [0.29, 0.717) is 6.54 Å². The van der Waals surface area contributed by atoms with E-state index in [0.717, 1.165) is 43.4 Å². The molecule has 1 saturated heterocycles. The maximum atomic E-state index is 12.4. The van der Waals surface area contributed by atoms with Crippen molar-refractivity contribution in [3.8, 4) is 0 Å². The third kappa shape index (κ3) is 4.74. The third-order valence-electron chi connectivity index (χ3n) is 4.66. The van der Waals surface area contributed by atoms with Crippen LogP contribution < -0.4 is 10.2 Å². The fourth-order valence-corrected chi connectivity index (χ4v) is 3.30. The quantitative estimate of drug-likeness (QED) is 0.893. The number of anilines is 1. The lowest BCUT2D eigenvalue weighted by Gasteiger charge is -2.36. The number of benzene rings is 2. The number of halogens is 1. The fourth-order valence-electron chi connectivity index (χ4n) is 3.11. The molecule has 1 N–H and O–H groups in total. The van der Waals surface area contributed by atoms with Crippen LogP contribution in [0, 0.1) is 6.92 Å². The van der Waals surface area contributed by atoms with E-state index in [2.05, 4.69) is 35.3 Å². The number of piperazine rings is 1. The van der Waals surface area contributed by atoms with Crippen LogP contribution in [0.15, 0.2) is 48.5 Å². The van der Waals surface area contributed by atoms with Crippen LogP contribution in [0.2, 0.25) is 5.02 Å². The summed E-state index contributed by atoms with van der Waals surface area (Å²) in [6, 6.07) is 16.1. The van der Waals surface area contributed by atoms with Crippen LogP contribution in [0.4, 0.5) is 5.69 Å². The number of nitrogens with zero attached hydrogens (tertiary/aromatic N) is 2. The maximum Gasteiger partial charge on any atom is 0.236 e. The molecule has 1 amide bonds. The summed E-state index contributed by atoms with van der Waals surface area (Å²) >= 11 is 6.06. The number of carbonyl (C=O) groups is 1. The molecule has 0 bridgehead atoms. The molecule has 1 fully saturated rings. The summed E-state index contributed by atoms with van der Waals surface area (Å²) in [6.45, 7) is 6.36. The molecule has 0 aromatic heterocycles. The second kappa shape index (κ2) is 8.37. The predicted molar refractivity (Wildman–Crippen MR) is 103 cm³/mol. The first-order chi connectivity index (χ1) is 12.1. The Morgan fingerprint density at radius 3 is 2.56 bits per heavy atom. The first-order valence-electron chi connectivity index (χ1n) is 8.67. The zero-order chi connectivity index (χ0) is 17.6. The van der Waals surface area contributed by atoms with Crippen LogP contribution >= 0.6 is 11.6 Å². The summed E-state index contributed by atoms with van der Waals surface area (Å²) in [5, 5.41) is 4.01. The molecule has 1 aliphatic heterocycles. The van der Waals surface area contributed by atoms with Crippen LogP contribution in [-0.4, -0.2) is 43.5 Å². The molecule has 0 aliphatic carbocycles. The van der Waals surface area contributed by atoms with E-state index in [-0.39, 0.29) is 5.91 Å². The summed E-state index contributed by atoms with van der Waals surface area (Å²) in [6.07, 6.45) is 0. The van der Waals surface area contributed by atoms with E-state index in [1.54, 1.807) is 0 Å². The molecule has 0 unspecified atom stereocenters. The first-order valence-corrected chi connectivity index (χ1v) is 9.05. The number of carbonyl (C=O) groups excluding carboxylic acids is 1. The van der Waals surface area contributed by atoms with E-state index in [4.69, 9.17) is 11.6 Å². The van der Waals surface area contributed by atoms with Crippen molar-refractivity contribution in [2.45, 2.75) is 13.5 Å². The molecule has 1 aliphatic rings. The van der Waals surface area contributed by atoms with Crippen molar-refractivity contribution in [1.82, 2.24) is 10.2 Å². The largest absolute Gasteiger partial charge is 0.368 e. The number of rotatable bonds is 5. The van der Waals surface area contributed by atoms with Crippen LogP contribution in [0.25, 0.3) is 0 Å². The van der Waals surface area contributed by atoms with Crippen molar-refractivity contribution >= 4 is 23.2 Å². The monoisotopic (exact) mass is 357 g/mol. The molecule has 4 nitrogen and oxygen atoms in total. The van der Waals surface area contributed by atoms with E-state index in [1.165, 1.54) is 11.1 Å². The highest BCUT2D eigenvalue weighted by Crippen LogP contribution is 2.20. The SMILES string of the molecule is Cc1ccccc1CNCC(=O)N1CCN(c2cccc(Cl)c2)CC1. The average Bonchev–Trinajstić information content (AvgIpc) is 2.63. The Morgan fingerprint density at radius 1 is 1.08 bits per heavy atom. The Balaban J connectivity index is 1.45. The predicted octanol–water partition coefficient (Wildman–Crippen LogP) is 3.09. The van der Waals surface area contributed by atoms with Gasteiger partial charge in [-0.25, -0.2) is 0 Å². The van der Waals surface area contributed by atoms with Gasteiger partial charge in [0.1, 0.15) is 0 Å². The Bertz CT molecular complexity index is 726. The normalized spacial score (nSPS) is 14.6. The maximum absolute atomic E-state index is 12.4. The summed E-state index contributed by atoms with van der Waals surface area (Å²) in [7, 11) is 0. The van der Waals surface area contributed by atoms with E-state index >= 15 is 0 Å². The summed E-state index contributed by atoms with van der Waals surface area (Å²) in [4.78, 5) is 16.6. The van der Waals surface area contributed by atoms with Gasteiger partial charge in [0.2, 0.25) is 5.91 Å². The molecule has 25 heavy (non-hydrogen) atoms. The van der Waals surface area contributed by atoms with Crippen molar-refractivity contribution in [2.75, 3.05) is 37.6 Å². The van der Waals surface area contributed by atoms with Gasteiger partial charge in [-0.2, -0.15) is 0 Å². The number of nitrogens with one attached hydrogen (secondary N) is 1. The molecule has 2 aromatic carbocycles. The van der Waals surface area contributed by atoms with Gasteiger partial charge in [0.25, 0.3) is 0 Å². The molecule has 3 rings (SSSR count). The van der Waals surface area contributed by atoms with Gasteiger partial charge in [-0.05, 0) is 36.2 Å². The van der Waals surface area contributed by atoms with Gasteiger partial charge >= 0.3 is 0 Å². The lowest BCUT2D eigenvalue weighted by atomic mass is 10.1. The number of amides is 1. The van der Waals surface area contributed by atoms with Gasteiger partial charge in [-0.15, -0.1) is 0 Å². The van der Waals surface area contributed by atoms with Crippen LogP contribution in [0.3, 0.4) is 0 Å². The standard InChI is InChI=1S/C20H24ClN3O/c1-16-5-2-3-6-17(16)14-22-15-20(25)24-11-9-23(10-12-24)19-8-4-7-18(21)13-19/h2-8,13,22H,9-12,14-15H2,1H3. The van der Waals surface area contributed by atoms with Crippen molar-refractivity contribution in [1.29, 1.82) is 0 Å². The Kier molecular flexibility index (Phi) is 5.95. The smallest absolute Gasteiger partial charge is 0.236 e. The van der Waals surface area contributed by atoms with Crippen molar-refractivity contribution in [2.24, 2.45) is 0 Å².